The fourth-order valence-electron chi connectivity index (χ4n) is 4.26. The quantitative estimate of drug-likeness (QED) is 0.602. The van der Waals surface area contributed by atoms with E-state index in [2.05, 4.69) is 5.32 Å². The number of halogens is 1. The molecule has 6 heteroatoms. The van der Waals surface area contributed by atoms with E-state index in [-0.39, 0.29) is 17.6 Å². The number of hydrogen-bond donors (Lipinski definition) is 1. The van der Waals surface area contributed by atoms with Crippen molar-refractivity contribution in [3.8, 4) is 5.75 Å². The molecule has 1 heterocycles. The lowest BCUT2D eigenvalue weighted by Crippen LogP contribution is -2.45. The molecular weight excluding hydrogens is 431 g/mol. The maximum Gasteiger partial charge on any atom is 0.261 e. The molecule has 0 aliphatic carbocycles. The molecule has 2 aromatic carbocycles. The van der Waals surface area contributed by atoms with Crippen LogP contribution in [-0.4, -0.2) is 35.9 Å². The summed E-state index contributed by atoms with van der Waals surface area (Å²) < 4.78 is 20.3. The van der Waals surface area contributed by atoms with E-state index >= 15 is 0 Å². The van der Waals surface area contributed by atoms with Gasteiger partial charge in [0, 0.05) is 18.5 Å². The highest BCUT2D eigenvalue weighted by molar-refractivity contribution is 5.83. The average molecular weight is 469 g/mol. The van der Waals surface area contributed by atoms with Crippen molar-refractivity contribution in [3.63, 3.8) is 0 Å². The van der Waals surface area contributed by atoms with Crippen LogP contribution in [0.4, 0.5) is 4.39 Å². The summed E-state index contributed by atoms with van der Waals surface area (Å²) in [5, 5.41) is 2.94. The van der Waals surface area contributed by atoms with E-state index in [1.54, 1.807) is 6.07 Å². The Balaban J connectivity index is 1.98. The summed E-state index contributed by atoms with van der Waals surface area (Å²) in [5.74, 6) is 0.451. The van der Waals surface area contributed by atoms with E-state index < -0.39 is 17.6 Å². The molecule has 2 aromatic rings. The second-order valence-corrected chi connectivity index (χ2v) is 10.5. The Bertz CT molecular complexity index is 1030. The second-order valence-electron chi connectivity index (χ2n) is 10.5. The van der Waals surface area contributed by atoms with Gasteiger partial charge in [0.05, 0.1) is 6.04 Å². The Labute approximate surface area is 202 Å². The monoisotopic (exact) mass is 468 g/mol. The number of rotatable bonds is 7. The van der Waals surface area contributed by atoms with Crippen LogP contribution >= 0.6 is 0 Å². The van der Waals surface area contributed by atoms with E-state index in [4.69, 9.17) is 4.74 Å². The Kier molecular flexibility index (Phi) is 8.01. The number of carbonyl (C=O) groups is 2. The second kappa shape index (κ2) is 10.6. The summed E-state index contributed by atoms with van der Waals surface area (Å²) in [6, 6.07) is 11.8. The Hall–Kier alpha value is -2.89. The fraction of sp³-hybridized carbons (Fsp3) is 0.500. The summed E-state index contributed by atoms with van der Waals surface area (Å²) in [4.78, 5) is 27.8. The number of hydrogen-bond acceptors (Lipinski definition) is 3. The van der Waals surface area contributed by atoms with Gasteiger partial charge >= 0.3 is 0 Å². The molecular formula is C28H37FN2O3. The number of benzene rings is 2. The molecule has 0 unspecified atom stereocenters. The van der Waals surface area contributed by atoms with Crippen LogP contribution < -0.4 is 10.1 Å². The lowest BCUT2D eigenvalue weighted by atomic mass is 9.85. The Morgan fingerprint density at radius 3 is 2.53 bits per heavy atom. The van der Waals surface area contributed by atoms with Crippen LogP contribution in [0.25, 0.3) is 0 Å². The summed E-state index contributed by atoms with van der Waals surface area (Å²) >= 11 is 0. The van der Waals surface area contributed by atoms with Gasteiger partial charge in [-0.05, 0) is 59.7 Å². The van der Waals surface area contributed by atoms with Crippen LogP contribution in [0.15, 0.2) is 42.5 Å². The van der Waals surface area contributed by atoms with Crippen molar-refractivity contribution < 1.29 is 18.7 Å². The maximum atomic E-state index is 14.2. The average Bonchev–Trinajstić information content (AvgIpc) is 2.78. The van der Waals surface area contributed by atoms with Crippen LogP contribution in [0.2, 0.25) is 0 Å². The molecule has 5 nitrogen and oxygen atoms in total. The van der Waals surface area contributed by atoms with Crippen LogP contribution in [0.5, 0.6) is 5.75 Å². The van der Waals surface area contributed by atoms with Crippen LogP contribution in [0.1, 0.15) is 70.7 Å². The van der Waals surface area contributed by atoms with Gasteiger partial charge in [0.15, 0.2) is 6.10 Å². The molecule has 1 N–H and O–H groups in total. The lowest BCUT2D eigenvalue weighted by Gasteiger charge is -2.41. The number of carbonyl (C=O) groups excluding carboxylic acids is 2. The van der Waals surface area contributed by atoms with Gasteiger partial charge in [-0.2, -0.15) is 0 Å². The minimum atomic E-state index is -0.611. The largest absolute Gasteiger partial charge is 0.481 e. The first-order valence-electron chi connectivity index (χ1n) is 12.1. The lowest BCUT2D eigenvalue weighted by molar-refractivity contribution is -0.141. The third kappa shape index (κ3) is 5.96. The van der Waals surface area contributed by atoms with Crippen molar-refractivity contribution in [2.75, 3.05) is 13.1 Å². The minimum Gasteiger partial charge on any atom is -0.481 e. The summed E-state index contributed by atoms with van der Waals surface area (Å²) in [6.45, 7) is 12.8. The van der Waals surface area contributed by atoms with Gasteiger partial charge in [0.25, 0.3) is 5.91 Å². The number of nitrogens with one attached hydrogen (secondary N) is 1. The normalized spacial score (nSPS) is 16.7. The van der Waals surface area contributed by atoms with Crippen molar-refractivity contribution in [2.45, 2.75) is 66.5 Å². The summed E-state index contributed by atoms with van der Waals surface area (Å²) in [7, 11) is 0. The molecule has 0 aromatic heterocycles. The third-order valence-corrected chi connectivity index (χ3v) is 6.04. The highest BCUT2D eigenvalue weighted by Gasteiger charge is 2.37. The molecule has 0 spiro atoms. The van der Waals surface area contributed by atoms with E-state index in [0.29, 0.717) is 37.6 Å². The topological polar surface area (TPSA) is 58.6 Å². The molecule has 1 aliphatic heterocycles. The molecule has 0 saturated heterocycles. The number of fused-ring (bicyclic) bond motifs is 1. The Morgan fingerprint density at radius 2 is 1.91 bits per heavy atom. The SMILES string of the molecule is CC[C@@H](Oc1ccc2c(c1)[C@H](c1cccc(F)c1)N(C(=O)C(C)(C)C)CC2)C(=O)NCC(C)C. The van der Waals surface area contributed by atoms with Gasteiger partial charge < -0.3 is 15.0 Å². The van der Waals surface area contributed by atoms with E-state index in [9.17, 15) is 14.0 Å². The summed E-state index contributed by atoms with van der Waals surface area (Å²) in [5.41, 5.74) is 2.15. The smallest absolute Gasteiger partial charge is 0.261 e. The van der Waals surface area contributed by atoms with Crippen molar-refractivity contribution in [1.82, 2.24) is 10.2 Å². The summed E-state index contributed by atoms with van der Waals surface area (Å²) in [6.07, 6.45) is 0.624. The standard InChI is InChI=1S/C28H37FN2O3/c1-7-24(26(32)30-17-18(2)3)34-22-12-11-19-13-14-31(27(33)28(4,5)6)25(23(19)16-22)20-9-8-10-21(29)15-20/h8-12,15-16,18,24-25H,7,13-14,17H2,1-6H3,(H,30,32)/t24-,25+/m1/s1. The van der Waals surface area contributed by atoms with Crippen molar-refractivity contribution >= 4 is 11.8 Å². The zero-order valence-electron chi connectivity index (χ0n) is 21.2. The molecule has 1 aliphatic rings. The molecule has 184 valence electrons. The number of amides is 2. The van der Waals surface area contributed by atoms with Gasteiger partial charge in [-0.25, -0.2) is 4.39 Å². The van der Waals surface area contributed by atoms with E-state index in [1.165, 1.54) is 12.1 Å². The Morgan fingerprint density at radius 1 is 1.18 bits per heavy atom. The maximum absolute atomic E-state index is 14.2. The van der Waals surface area contributed by atoms with Crippen molar-refractivity contribution in [2.24, 2.45) is 11.3 Å². The van der Waals surface area contributed by atoms with Gasteiger partial charge in [0.1, 0.15) is 11.6 Å². The highest BCUT2D eigenvalue weighted by Crippen LogP contribution is 2.39. The van der Waals surface area contributed by atoms with Gasteiger partial charge in [0.2, 0.25) is 5.91 Å². The van der Waals surface area contributed by atoms with Crippen LogP contribution in [0, 0.1) is 17.2 Å². The number of ether oxygens (including phenoxy) is 1. The highest BCUT2D eigenvalue weighted by atomic mass is 19.1. The zero-order valence-corrected chi connectivity index (χ0v) is 21.2. The van der Waals surface area contributed by atoms with E-state index in [1.807, 2.05) is 70.7 Å². The van der Waals surface area contributed by atoms with Crippen molar-refractivity contribution in [1.29, 1.82) is 0 Å². The number of nitrogens with zero attached hydrogens (tertiary/aromatic N) is 1. The predicted octanol–water partition coefficient (Wildman–Crippen LogP) is 5.28. The van der Waals surface area contributed by atoms with Crippen LogP contribution in [-0.2, 0) is 16.0 Å². The van der Waals surface area contributed by atoms with Gasteiger partial charge in [-0.3, -0.25) is 9.59 Å². The predicted molar refractivity (Wildman–Crippen MR) is 132 cm³/mol. The molecule has 0 fully saturated rings. The molecule has 0 radical (unpaired) electrons. The first-order valence-corrected chi connectivity index (χ1v) is 12.1. The van der Waals surface area contributed by atoms with Crippen LogP contribution in [0.3, 0.4) is 0 Å². The molecule has 34 heavy (non-hydrogen) atoms. The van der Waals surface area contributed by atoms with Gasteiger partial charge in [-0.15, -0.1) is 0 Å². The third-order valence-electron chi connectivity index (χ3n) is 6.04. The first-order chi connectivity index (χ1) is 16.0. The van der Waals surface area contributed by atoms with E-state index in [0.717, 1.165) is 16.7 Å². The fourth-order valence-corrected chi connectivity index (χ4v) is 4.26. The molecule has 3 rings (SSSR count). The first kappa shape index (κ1) is 25.7. The zero-order chi connectivity index (χ0) is 25.0. The van der Waals surface area contributed by atoms with Crippen molar-refractivity contribution in [3.05, 3.63) is 65.0 Å². The van der Waals surface area contributed by atoms with Gasteiger partial charge in [-0.1, -0.05) is 59.7 Å². The molecule has 0 saturated carbocycles. The molecule has 2 amide bonds. The molecule has 2 atom stereocenters. The molecule has 0 bridgehead atoms. The minimum absolute atomic E-state index is 0.0123.